The van der Waals surface area contributed by atoms with Crippen molar-refractivity contribution in [2.45, 2.75) is 113 Å². The summed E-state index contributed by atoms with van der Waals surface area (Å²) in [5, 5.41) is 3.08. The van der Waals surface area contributed by atoms with Gasteiger partial charge in [-0.15, -0.1) is 0 Å². The van der Waals surface area contributed by atoms with Crippen molar-refractivity contribution in [2.24, 2.45) is 16.7 Å². The van der Waals surface area contributed by atoms with Crippen LogP contribution in [0.5, 0.6) is 0 Å². The minimum absolute atomic E-state index is 0.0127. The van der Waals surface area contributed by atoms with Crippen molar-refractivity contribution in [3.63, 3.8) is 0 Å². The third kappa shape index (κ3) is 9.43. The highest BCUT2D eigenvalue weighted by Crippen LogP contribution is 2.41. The molecule has 0 aliphatic carbocycles. The number of hydrogen-bond donors (Lipinski definition) is 1. The van der Waals surface area contributed by atoms with Gasteiger partial charge in [-0.2, -0.15) is 0 Å². The lowest BCUT2D eigenvalue weighted by molar-refractivity contribution is -0.133. The molecule has 4 nitrogen and oxygen atoms in total. The van der Waals surface area contributed by atoms with Crippen molar-refractivity contribution in [1.29, 1.82) is 0 Å². The molecule has 0 aliphatic rings. The standard InChI is InChI=1S/C23H48N2O2/c1-17(2)24-19(26)23(11,12)18(3)14-21(7,8)15-22(9,10)25(13)16-27-20(4,5)6/h17-18H,14-16H2,1-13H3,(H,24,26). The van der Waals surface area contributed by atoms with Gasteiger partial charge in [0.05, 0.1) is 12.3 Å². The van der Waals surface area contributed by atoms with E-state index in [1.165, 1.54) is 0 Å². The number of carbonyl (C=O) groups excluding carboxylic acids is 1. The Hall–Kier alpha value is -0.610. The number of rotatable bonds is 10. The van der Waals surface area contributed by atoms with Gasteiger partial charge in [0, 0.05) is 17.0 Å². The van der Waals surface area contributed by atoms with E-state index >= 15 is 0 Å². The first kappa shape index (κ1) is 26.4. The predicted octanol–water partition coefficient (Wildman–Crippen LogP) is 5.46. The van der Waals surface area contributed by atoms with E-state index in [1.54, 1.807) is 0 Å². The van der Waals surface area contributed by atoms with Gasteiger partial charge in [0.25, 0.3) is 0 Å². The molecule has 4 heteroatoms. The Labute approximate surface area is 169 Å². The summed E-state index contributed by atoms with van der Waals surface area (Å²) >= 11 is 0. The Morgan fingerprint density at radius 1 is 0.963 bits per heavy atom. The molecule has 162 valence electrons. The van der Waals surface area contributed by atoms with Crippen LogP contribution in [0.3, 0.4) is 0 Å². The Balaban J connectivity index is 5.01. The molecule has 1 amide bonds. The van der Waals surface area contributed by atoms with E-state index in [1.807, 2.05) is 13.8 Å². The molecule has 1 N–H and O–H groups in total. The SMILES string of the molecule is CC(C)NC(=O)C(C)(C)C(C)CC(C)(C)CC(C)(C)N(C)COC(C)(C)C. The van der Waals surface area contributed by atoms with Gasteiger partial charge in [-0.3, -0.25) is 9.69 Å². The molecule has 0 rings (SSSR count). The molecule has 0 radical (unpaired) electrons. The van der Waals surface area contributed by atoms with Crippen molar-refractivity contribution < 1.29 is 9.53 Å². The van der Waals surface area contributed by atoms with Gasteiger partial charge in [-0.05, 0) is 79.7 Å². The lowest BCUT2D eigenvalue weighted by atomic mass is 9.67. The molecular weight excluding hydrogens is 336 g/mol. The number of carbonyl (C=O) groups is 1. The second-order valence-corrected chi connectivity index (χ2v) is 11.7. The minimum atomic E-state index is -0.382. The average Bonchev–Trinajstić information content (AvgIpc) is 2.40. The maximum atomic E-state index is 12.6. The minimum Gasteiger partial charge on any atom is -0.360 e. The van der Waals surface area contributed by atoms with Crippen LogP contribution in [-0.2, 0) is 9.53 Å². The fraction of sp³-hybridized carbons (Fsp3) is 0.957. The molecule has 0 bridgehead atoms. The van der Waals surface area contributed by atoms with Gasteiger partial charge in [-0.25, -0.2) is 0 Å². The molecule has 0 saturated heterocycles. The van der Waals surface area contributed by atoms with Crippen LogP contribution in [0.1, 0.15) is 95.9 Å². The number of hydrogen-bond acceptors (Lipinski definition) is 3. The number of ether oxygens (including phenoxy) is 1. The third-order valence-corrected chi connectivity index (χ3v) is 5.73. The lowest BCUT2D eigenvalue weighted by Gasteiger charge is -2.44. The van der Waals surface area contributed by atoms with Crippen molar-refractivity contribution in [3.05, 3.63) is 0 Å². The van der Waals surface area contributed by atoms with Crippen LogP contribution in [0.2, 0.25) is 0 Å². The van der Waals surface area contributed by atoms with Crippen LogP contribution >= 0.6 is 0 Å². The molecule has 0 saturated carbocycles. The fourth-order valence-corrected chi connectivity index (χ4v) is 3.60. The maximum Gasteiger partial charge on any atom is 0.226 e. The van der Waals surface area contributed by atoms with Crippen molar-refractivity contribution in [1.82, 2.24) is 10.2 Å². The summed E-state index contributed by atoms with van der Waals surface area (Å²) in [5.74, 6) is 0.439. The zero-order valence-electron chi connectivity index (χ0n) is 20.5. The Morgan fingerprint density at radius 2 is 1.44 bits per heavy atom. The molecular formula is C23H48N2O2. The van der Waals surface area contributed by atoms with E-state index in [4.69, 9.17) is 4.74 Å². The summed E-state index contributed by atoms with van der Waals surface area (Å²) in [6.45, 7) is 26.5. The van der Waals surface area contributed by atoms with Gasteiger partial charge in [-0.1, -0.05) is 34.6 Å². The fourth-order valence-electron chi connectivity index (χ4n) is 3.60. The molecule has 0 aromatic carbocycles. The first-order chi connectivity index (χ1) is 11.8. The highest BCUT2D eigenvalue weighted by molar-refractivity contribution is 5.82. The van der Waals surface area contributed by atoms with Crippen molar-refractivity contribution >= 4 is 5.91 Å². The van der Waals surface area contributed by atoms with E-state index in [0.29, 0.717) is 6.73 Å². The van der Waals surface area contributed by atoms with Crippen LogP contribution in [0.15, 0.2) is 0 Å². The Morgan fingerprint density at radius 3 is 1.85 bits per heavy atom. The van der Waals surface area contributed by atoms with E-state index in [-0.39, 0.29) is 39.8 Å². The molecule has 0 aromatic heterocycles. The monoisotopic (exact) mass is 384 g/mol. The number of nitrogens with one attached hydrogen (secondary N) is 1. The van der Waals surface area contributed by atoms with Gasteiger partial charge >= 0.3 is 0 Å². The lowest BCUT2D eigenvalue weighted by Crippen LogP contribution is -2.48. The van der Waals surface area contributed by atoms with E-state index in [9.17, 15) is 4.79 Å². The van der Waals surface area contributed by atoms with Gasteiger partial charge in [0.1, 0.15) is 0 Å². The second kappa shape index (κ2) is 9.26. The van der Waals surface area contributed by atoms with Crippen LogP contribution in [-0.4, -0.2) is 41.8 Å². The van der Waals surface area contributed by atoms with E-state index < -0.39 is 0 Å². The summed E-state index contributed by atoms with van der Waals surface area (Å²) in [5.41, 5.74) is -0.387. The summed E-state index contributed by atoms with van der Waals surface area (Å²) in [6, 6.07) is 0.174. The first-order valence-electron chi connectivity index (χ1n) is 10.5. The summed E-state index contributed by atoms with van der Waals surface area (Å²) in [7, 11) is 2.13. The van der Waals surface area contributed by atoms with Crippen molar-refractivity contribution in [3.8, 4) is 0 Å². The van der Waals surface area contributed by atoms with Crippen LogP contribution in [0.25, 0.3) is 0 Å². The maximum absolute atomic E-state index is 12.6. The quantitative estimate of drug-likeness (QED) is 0.508. The highest BCUT2D eigenvalue weighted by Gasteiger charge is 2.39. The normalized spacial score (nSPS) is 15.4. The van der Waals surface area contributed by atoms with Gasteiger partial charge in [0.2, 0.25) is 5.91 Å². The van der Waals surface area contributed by atoms with E-state index in [2.05, 4.69) is 86.5 Å². The molecule has 27 heavy (non-hydrogen) atoms. The highest BCUT2D eigenvalue weighted by atomic mass is 16.5. The average molecular weight is 385 g/mol. The van der Waals surface area contributed by atoms with E-state index in [0.717, 1.165) is 12.8 Å². The van der Waals surface area contributed by atoms with Crippen LogP contribution < -0.4 is 5.32 Å². The molecule has 1 unspecified atom stereocenters. The zero-order chi connectivity index (χ0) is 21.8. The van der Waals surface area contributed by atoms with Crippen molar-refractivity contribution in [2.75, 3.05) is 13.8 Å². The topological polar surface area (TPSA) is 41.6 Å². The molecule has 0 spiro atoms. The zero-order valence-corrected chi connectivity index (χ0v) is 20.5. The first-order valence-corrected chi connectivity index (χ1v) is 10.5. The van der Waals surface area contributed by atoms with Crippen LogP contribution in [0, 0.1) is 16.7 Å². The molecule has 0 aliphatic heterocycles. The second-order valence-electron chi connectivity index (χ2n) is 11.7. The summed E-state index contributed by atoms with van der Waals surface area (Å²) < 4.78 is 5.97. The smallest absolute Gasteiger partial charge is 0.226 e. The van der Waals surface area contributed by atoms with Gasteiger partial charge < -0.3 is 10.1 Å². The molecule has 1 atom stereocenters. The summed E-state index contributed by atoms with van der Waals surface area (Å²) in [6.07, 6.45) is 2.04. The summed E-state index contributed by atoms with van der Waals surface area (Å²) in [4.78, 5) is 14.9. The molecule has 0 fully saturated rings. The predicted molar refractivity (Wildman–Crippen MR) is 117 cm³/mol. The van der Waals surface area contributed by atoms with Crippen LogP contribution in [0.4, 0.5) is 0 Å². The Bertz CT molecular complexity index is 473. The third-order valence-electron chi connectivity index (χ3n) is 5.73. The largest absolute Gasteiger partial charge is 0.360 e. The Kier molecular flexibility index (Phi) is 9.05. The molecule has 0 heterocycles. The number of amides is 1. The molecule has 0 aromatic rings. The van der Waals surface area contributed by atoms with Gasteiger partial charge in [0.15, 0.2) is 0 Å². The number of nitrogens with zero attached hydrogens (tertiary/aromatic N) is 1.